The Balaban J connectivity index is 1.38. The molecule has 0 spiro atoms. The second-order valence-electron chi connectivity index (χ2n) is 6.69. The molecular weight excluding hydrogens is 388 g/mol. The zero-order valence-electron chi connectivity index (χ0n) is 16.5. The van der Waals surface area contributed by atoms with Gasteiger partial charge in [-0.3, -0.25) is 0 Å². The van der Waals surface area contributed by atoms with Gasteiger partial charge in [-0.15, -0.1) is 0 Å². The number of rotatable bonds is 6. The van der Waals surface area contributed by atoms with Crippen LogP contribution >= 0.6 is 0 Å². The molecule has 0 fully saturated rings. The lowest BCUT2D eigenvalue weighted by atomic mass is 10.1. The molecule has 0 radical (unpaired) electrons. The Morgan fingerprint density at radius 3 is 2.42 bits per heavy atom. The van der Waals surface area contributed by atoms with Crippen molar-refractivity contribution < 1.29 is 4.74 Å². The van der Waals surface area contributed by atoms with Gasteiger partial charge in [-0.1, -0.05) is 30.3 Å². The zero-order chi connectivity index (χ0) is 20.9. The molecule has 5 rings (SSSR count). The van der Waals surface area contributed by atoms with E-state index < -0.39 is 0 Å². The van der Waals surface area contributed by atoms with Crippen LogP contribution in [0.3, 0.4) is 0 Å². The topological polar surface area (TPSA) is 77.8 Å². The van der Waals surface area contributed by atoms with Crippen molar-refractivity contribution in [1.82, 2.24) is 24.7 Å². The third kappa shape index (κ3) is 4.25. The van der Waals surface area contributed by atoms with Gasteiger partial charge >= 0.3 is 0 Å². The average Bonchev–Trinajstić information content (AvgIpc) is 3.36. The van der Waals surface area contributed by atoms with Crippen molar-refractivity contribution in [1.29, 1.82) is 0 Å². The van der Waals surface area contributed by atoms with Gasteiger partial charge in [0.05, 0.1) is 11.4 Å². The monoisotopic (exact) mass is 406 g/mol. The molecule has 0 bridgehead atoms. The van der Waals surface area contributed by atoms with E-state index >= 15 is 0 Å². The molecule has 5 aromatic rings. The highest BCUT2D eigenvalue weighted by Gasteiger charge is 2.10. The van der Waals surface area contributed by atoms with Gasteiger partial charge in [0.1, 0.15) is 24.2 Å². The van der Waals surface area contributed by atoms with Crippen LogP contribution in [0.2, 0.25) is 0 Å². The fourth-order valence-corrected chi connectivity index (χ4v) is 3.12. The Kier molecular flexibility index (Phi) is 5.05. The normalized spacial score (nSPS) is 10.6. The minimum Gasteiger partial charge on any atom is -0.457 e. The van der Waals surface area contributed by atoms with Crippen LogP contribution in [0.1, 0.15) is 0 Å². The van der Waals surface area contributed by atoms with Crippen LogP contribution in [0.4, 0.5) is 11.6 Å². The Labute approximate surface area is 179 Å². The number of para-hydroxylation sites is 2. The summed E-state index contributed by atoms with van der Waals surface area (Å²) in [5.74, 6) is 2.01. The Morgan fingerprint density at radius 2 is 1.61 bits per heavy atom. The summed E-state index contributed by atoms with van der Waals surface area (Å²) in [5, 5.41) is 7.38. The molecule has 31 heavy (non-hydrogen) atoms. The summed E-state index contributed by atoms with van der Waals surface area (Å²) in [6.45, 7) is 0. The van der Waals surface area contributed by atoms with Gasteiger partial charge in [0.2, 0.25) is 5.95 Å². The molecule has 2 aromatic heterocycles. The zero-order valence-corrected chi connectivity index (χ0v) is 16.5. The number of anilines is 2. The maximum Gasteiger partial charge on any atom is 0.227 e. The minimum atomic E-state index is 0.500. The summed E-state index contributed by atoms with van der Waals surface area (Å²) in [6, 6.07) is 27.2. The van der Waals surface area contributed by atoms with Gasteiger partial charge in [-0.2, -0.15) is 5.10 Å². The van der Waals surface area contributed by atoms with Crippen molar-refractivity contribution >= 4 is 11.6 Å². The lowest BCUT2D eigenvalue weighted by Gasteiger charge is -2.12. The van der Waals surface area contributed by atoms with Gasteiger partial charge in [-0.05, 0) is 54.6 Å². The standard InChI is InChI=1S/C24H18N6O/c1-2-6-20(7-3-1)31-23-9-5-4-8-21(23)22-14-15-26-24(29-22)28-18-10-12-19(13-11-18)30-17-25-16-27-30/h1-17H,(H,26,28,29). The van der Waals surface area contributed by atoms with Crippen molar-refractivity contribution in [2.45, 2.75) is 0 Å². The smallest absolute Gasteiger partial charge is 0.227 e. The van der Waals surface area contributed by atoms with Gasteiger partial charge in [-0.25, -0.2) is 19.6 Å². The van der Waals surface area contributed by atoms with E-state index in [1.165, 1.54) is 6.33 Å². The Bertz CT molecular complexity index is 1270. The first-order chi connectivity index (χ1) is 15.3. The van der Waals surface area contributed by atoms with Crippen LogP contribution in [-0.2, 0) is 0 Å². The number of benzene rings is 3. The van der Waals surface area contributed by atoms with Crippen LogP contribution < -0.4 is 10.1 Å². The lowest BCUT2D eigenvalue weighted by Crippen LogP contribution is -1.99. The maximum absolute atomic E-state index is 6.08. The number of hydrogen-bond acceptors (Lipinski definition) is 6. The van der Waals surface area contributed by atoms with Gasteiger partial charge in [0.25, 0.3) is 0 Å². The third-order valence-corrected chi connectivity index (χ3v) is 4.60. The molecule has 0 aliphatic rings. The Morgan fingerprint density at radius 1 is 0.806 bits per heavy atom. The second-order valence-corrected chi connectivity index (χ2v) is 6.69. The quantitative estimate of drug-likeness (QED) is 0.414. The van der Waals surface area contributed by atoms with Crippen LogP contribution in [0.25, 0.3) is 16.9 Å². The van der Waals surface area contributed by atoms with E-state index in [9.17, 15) is 0 Å². The van der Waals surface area contributed by atoms with Crippen LogP contribution in [0.5, 0.6) is 11.5 Å². The SMILES string of the molecule is c1ccc(Oc2ccccc2-c2ccnc(Nc3ccc(-n4cncn4)cc3)n2)cc1. The summed E-state index contributed by atoms with van der Waals surface area (Å²) >= 11 is 0. The fraction of sp³-hybridized carbons (Fsp3) is 0. The number of nitrogens with zero attached hydrogens (tertiary/aromatic N) is 5. The minimum absolute atomic E-state index is 0.500. The van der Waals surface area contributed by atoms with E-state index in [4.69, 9.17) is 4.74 Å². The van der Waals surface area contributed by atoms with Crippen LogP contribution in [-0.4, -0.2) is 24.7 Å². The van der Waals surface area contributed by atoms with E-state index in [-0.39, 0.29) is 0 Å². The highest BCUT2D eigenvalue weighted by molar-refractivity contribution is 5.69. The number of aromatic nitrogens is 5. The third-order valence-electron chi connectivity index (χ3n) is 4.60. The molecule has 0 unspecified atom stereocenters. The van der Waals surface area contributed by atoms with E-state index in [0.717, 1.165) is 34.1 Å². The lowest BCUT2D eigenvalue weighted by molar-refractivity contribution is 0.484. The number of ether oxygens (including phenoxy) is 1. The van der Waals surface area contributed by atoms with Gasteiger partial charge in [0.15, 0.2) is 0 Å². The van der Waals surface area contributed by atoms with E-state index in [1.807, 2.05) is 84.9 Å². The molecule has 0 amide bonds. The van der Waals surface area contributed by atoms with E-state index in [0.29, 0.717) is 5.95 Å². The molecule has 7 nitrogen and oxygen atoms in total. The first kappa shape index (κ1) is 18.5. The predicted molar refractivity (Wildman–Crippen MR) is 119 cm³/mol. The molecule has 0 atom stereocenters. The maximum atomic E-state index is 6.08. The molecule has 0 aliphatic carbocycles. The van der Waals surface area contributed by atoms with Crippen molar-refractivity contribution in [2.24, 2.45) is 0 Å². The molecule has 150 valence electrons. The predicted octanol–water partition coefficient (Wildman–Crippen LogP) is 5.26. The number of nitrogens with one attached hydrogen (secondary N) is 1. The van der Waals surface area contributed by atoms with Crippen LogP contribution in [0, 0.1) is 0 Å². The summed E-state index contributed by atoms with van der Waals surface area (Å²) < 4.78 is 7.78. The van der Waals surface area contributed by atoms with Crippen LogP contribution in [0.15, 0.2) is 104 Å². The molecular formula is C24H18N6O. The average molecular weight is 406 g/mol. The molecule has 1 N–H and O–H groups in total. The highest BCUT2D eigenvalue weighted by atomic mass is 16.5. The van der Waals surface area contributed by atoms with Crippen molar-refractivity contribution in [3.8, 4) is 28.4 Å². The molecule has 0 saturated heterocycles. The summed E-state index contributed by atoms with van der Waals surface area (Å²) in [6.07, 6.45) is 4.89. The molecule has 0 saturated carbocycles. The Hall–Kier alpha value is -4.52. The molecule has 0 aliphatic heterocycles. The highest BCUT2D eigenvalue weighted by Crippen LogP contribution is 2.32. The second kappa shape index (κ2) is 8.46. The summed E-state index contributed by atoms with van der Waals surface area (Å²) in [4.78, 5) is 13.0. The van der Waals surface area contributed by atoms with Gasteiger partial charge in [0, 0.05) is 17.4 Å². The van der Waals surface area contributed by atoms with E-state index in [2.05, 4.69) is 25.4 Å². The summed E-state index contributed by atoms with van der Waals surface area (Å²) in [7, 11) is 0. The first-order valence-corrected chi connectivity index (χ1v) is 9.73. The first-order valence-electron chi connectivity index (χ1n) is 9.73. The van der Waals surface area contributed by atoms with Crippen molar-refractivity contribution in [2.75, 3.05) is 5.32 Å². The molecule has 2 heterocycles. The fourth-order valence-electron chi connectivity index (χ4n) is 3.12. The molecule has 7 heteroatoms. The number of hydrogen-bond donors (Lipinski definition) is 1. The van der Waals surface area contributed by atoms with Crippen molar-refractivity contribution in [3.05, 3.63) is 104 Å². The summed E-state index contributed by atoms with van der Waals surface area (Å²) in [5.41, 5.74) is 3.45. The van der Waals surface area contributed by atoms with Gasteiger partial charge < -0.3 is 10.1 Å². The largest absolute Gasteiger partial charge is 0.457 e. The molecule has 3 aromatic carbocycles. The van der Waals surface area contributed by atoms with E-state index in [1.54, 1.807) is 17.2 Å². The van der Waals surface area contributed by atoms with Crippen molar-refractivity contribution in [3.63, 3.8) is 0 Å².